The standard InChI is InChI=1S/C70H93FN6O15/c1-12-13-25-53-65(83)73-52(39-47-28-31-48-23-18-19-24-49(48)38-47)66(84)76(9)55(43-91-69(2,3)4)64(82)72-42-60(78)74(7)36-21-16-14-15-17-27-62(80)90-45-70(5,6)63(81)67(85)77-37-22-20-26-54(77)68(86)92-56(34-29-46-30-35-57(87-10)59(40-46)88-11)50-32-33-51(71)58(41-50)89-44-61(79)75(53)8/h17-19,23-24,27-28,30-33,35,38,40-41,52-56H,12-16,20-22,25-26,29,34,36-37,39,42-45H2,1-11H3,(H,72,82)(H,73,83)/b27-17+/t52-,53-,54-,55-,56+/m0/s1. The van der Waals surface area contributed by atoms with E-state index < -0.39 is 114 Å². The SMILES string of the molecule is CCCC[C@H]1C(=O)N[C@@H](Cc2ccc3ccccc3c2)C(=O)N(C)[C@@H](COC(C)(C)C)C(=O)NCC(=O)N(C)CCCCC/C=C/C(=O)OCC(C)(C)C(=O)C(=O)N2CCCC[C@H]2C(=O)O[C@H](CCc2ccc(OC)c(OC)c2)c2ccc(F)c(c2)OCC(=O)N1C. The van der Waals surface area contributed by atoms with Crippen LogP contribution in [0.25, 0.3) is 10.8 Å². The number of piperidine rings is 1. The van der Waals surface area contributed by atoms with Gasteiger partial charge in [0.1, 0.15) is 36.9 Å². The van der Waals surface area contributed by atoms with Crippen LogP contribution >= 0.6 is 0 Å². The number of rotatable bonds is 12. The first kappa shape index (κ1) is 72.7. The Morgan fingerprint density at radius 2 is 1.45 bits per heavy atom. The van der Waals surface area contributed by atoms with E-state index in [-0.39, 0.29) is 62.5 Å². The number of esters is 2. The summed E-state index contributed by atoms with van der Waals surface area (Å²) in [5.41, 5.74) is -0.519. The zero-order valence-corrected chi connectivity index (χ0v) is 55.3. The molecule has 500 valence electrons. The van der Waals surface area contributed by atoms with Gasteiger partial charge in [0.05, 0.1) is 38.4 Å². The van der Waals surface area contributed by atoms with Gasteiger partial charge >= 0.3 is 11.9 Å². The van der Waals surface area contributed by atoms with Gasteiger partial charge in [0, 0.05) is 46.7 Å². The van der Waals surface area contributed by atoms with Crippen LogP contribution in [-0.2, 0) is 70.2 Å². The monoisotopic (exact) mass is 1280 g/mol. The predicted molar refractivity (Wildman–Crippen MR) is 344 cm³/mol. The number of aryl methyl sites for hydroxylation is 1. The number of benzene rings is 4. The number of hydrogen-bond donors (Lipinski definition) is 2. The lowest BCUT2D eigenvalue weighted by molar-refractivity contribution is -0.165. The van der Waals surface area contributed by atoms with Crippen LogP contribution in [0.1, 0.15) is 135 Å². The fraction of sp³-hybridized carbons (Fsp3) is 0.529. The van der Waals surface area contributed by atoms with E-state index in [9.17, 15) is 38.4 Å². The van der Waals surface area contributed by atoms with Crippen molar-refractivity contribution in [2.45, 2.75) is 161 Å². The van der Waals surface area contributed by atoms with Gasteiger partial charge < -0.3 is 58.7 Å². The summed E-state index contributed by atoms with van der Waals surface area (Å²) in [5.74, 6) is -6.77. The molecule has 4 aromatic carbocycles. The Balaban J connectivity index is 1.35. The molecular formula is C70H93FN6O15. The number of nitrogens with zero attached hydrogens (tertiary/aromatic N) is 4. The average molecular weight is 1280 g/mol. The van der Waals surface area contributed by atoms with Crippen molar-refractivity contribution in [3.05, 3.63) is 114 Å². The molecule has 5 atom stereocenters. The molecule has 0 aliphatic carbocycles. The summed E-state index contributed by atoms with van der Waals surface area (Å²) < 4.78 is 50.8. The number of nitrogens with one attached hydrogen (secondary N) is 2. The molecule has 6 amide bonds. The lowest BCUT2D eigenvalue weighted by atomic mass is 9.87. The Labute approximate surface area is 539 Å². The molecule has 92 heavy (non-hydrogen) atoms. The number of hydrogen-bond acceptors (Lipinski definition) is 15. The third-order valence-corrected chi connectivity index (χ3v) is 16.6. The van der Waals surface area contributed by atoms with Crippen molar-refractivity contribution >= 4 is 63.9 Å². The van der Waals surface area contributed by atoms with Gasteiger partial charge in [0.15, 0.2) is 29.7 Å². The van der Waals surface area contributed by atoms with Crippen molar-refractivity contribution in [2.24, 2.45) is 5.41 Å². The molecule has 0 spiro atoms. The Kier molecular flexibility index (Phi) is 27.1. The van der Waals surface area contributed by atoms with Gasteiger partial charge in [0.25, 0.3) is 11.8 Å². The van der Waals surface area contributed by atoms with Crippen molar-refractivity contribution in [2.75, 3.05) is 74.8 Å². The summed E-state index contributed by atoms with van der Waals surface area (Å²) in [4.78, 5) is 133. The highest BCUT2D eigenvalue weighted by Gasteiger charge is 2.43. The molecule has 0 unspecified atom stereocenters. The van der Waals surface area contributed by atoms with E-state index in [0.29, 0.717) is 75.0 Å². The van der Waals surface area contributed by atoms with Gasteiger partial charge in [-0.3, -0.25) is 33.6 Å². The number of amides is 6. The second kappa shape index (κ2) is 34.3. The molecule has 0 aromatic heterocycles. The highest BCUT2D eigenvalue weighted by atomic mass is 19.1. The van der Waals surface area contributed by atoms with Gasteiger partial charge in [-0.15, -0.1) is 0 Å². The molecule has 21 nitrogen and oxygen atoms in total. The zero-order valence-electron chi connectivity index (χ0n) is 55.3. The van der Waals surface area contributed by atoms with Crippen molar-refractivity contribution in [3.8, 4) is 17.2 Å². The number of likely N-dealkylation sites (N-methyl/N-ethyl adjacent to an activating group) is 3. The minimum Gasteiger partial charge on any atom is -0.493 e. The van der Waals surface area contributed by atoms with Crippen LogP contribution in [0.15, 0.2) is 91.0 Å². The third-order valence-electron chi connectivity index (χ3n) is 16.6. The number of carbonyl (C=O) groups excluding carboxylic acids is 9. The quantitative estimate of drug-likeness (QED) is 0.100. The maximum absolute atomic E-state index is 16.0. The maximum atomic E-state index is 16.0. The second-order valence-electron chi connectivity index (χ2n) is 25.2. The van der Waals surface area contributed by atoms with E-state index in [0.717, 1.165) is 22.4 Å². The number of unbranched alkanes of at least 4 members (excludes halogenated alkanes) is 1. The van der Waals surface area contributed by atoms with Crippen molar-refractivity contribution in [1.29, 1.82) is 0 Å². The number of halogens is 1. The van der Waals surface area contributed by atoms with Gasteiger partial charge in [-0.1, -0.05) is 86.9 Å². The fourth-order valence-electron chi connectivity index (χ4n) is 10.9. The topological polar surface area (TPSA) is 246 Å². The summed E-state index contributed by atoms with van der Waals surface area (Å²) in [6.45, 7) is 8.84. The number of fused-ring (bicyclic) bond motifs is 4. The normalized spacial score (nSPS) is 21.9. The minimum atomic E-state index is -1.49. The molecule has 1 saturated heterocycles. The van der Waals surface area contributed by atoms with E-state index in [1.54, 1.807) is 46.0 Å². The lowest BCUT2D eigenvalue weighted by Gasteiger charge is -2.36. The number of ether oxygens (including phenoxy) is 6. The van der Waals surface area contributed by atoms with Crippen LogP contribution < -0.4 is 24.8 Å². The van der Waals surface area contributed by atoms with Crippen LogP contribution in [0.4, 0.5) is 4.39 Å². The van der Waals surface area contributed by atoms with Crippen molar-refractivity contribution in [1.82, 2.24) is 30.2 Å². The Morgan fingerprint density at radius 3 is 2.16 bits per heavy atom. The first-order valence-electron chi connectivity index (χ1n) is 31.7. The van der Waals surface area contributed by atoms with Crippen LogP contribution in [0.3, 0.4) is 0 Å². The zero-order chi connectivity index (χ0) is 67.3. The molecule has 6 rings (SSSR count). The second-order valence-corrected chi connectivity index (χ2v) is 25.2. The van der Waals surface area contributed by atoms with Crippen LogP contribution in [-0.4, -0.2) is 177 Å². The van der Waals surface area contributed by atoms with E-state index in [2.05, 4.69) is 10.6 Å². The molecule has 0 saturated carbocycles. The van der Waals surface area contributed by atoms with Gasteiger partial charge in [-0.05, 0) is 144 Å². The number of Topliss-reactive ketones (excluding diaryl/α,β-unsaturated/α-hetero) is 1. The number of allylic oxidation sites excluding steroid dienone is 1. The molecule has 2 aliphatic rings. The molecule has 2 aliphatic heterocycles. The maximum Gasteiger partial charge on any atom is 0.330 e. The van der Waals surface area contributed by atoms with E-state index in [1.807, 2.05) is 55.5 Å². The molecule has 22 heteroatoms. The van der Waals surface area contributed by atoms with E-state index in [4.69, 9.17) is 28.4 Å². The molecular weight excluding hydrogens is 1180 g/mol. The van der Waals surface area contributed by atoms with E-state index >= 15 is 9.18 Å². The first-order valence-corrected chi connectivity index (χ1v) is 31.7. The molecule has 4 aromatic rings. The molecule has 2 bridgehead atoms. The number of ketones is 1. The number of carbonyl (C=O) groups is 9. The van der Waals surface area contributed by atoms with Crippen molar-refractivity contribution in [3.63, 3.8) is 0 Å². The predicted octanol–water partition coefficient (Wildman–Crippen LogP) is 8.20. The van der Waals surface area contributed by atoms with Gasteiger partial charge in [-0.25, -0.2) is 14.0 Å². The molecule has 0 radical (unpaired) electrons. The third kappa shape index (κ3) is 20.8. The summed E-state index contributed by atoms with van der Waals surface area (Å²) in [7, 11) is 7.46. The highest BCUT2D eigenvalue weighted by Crippen LogP contribution is 2.34. The average Bonchev–Trinajstić information content (AvgIpc) is 1.11. The first-order chi connectivity index (χ1) is 43.7. The Morgan fingerprint density at radius 1 is 0.728 bits per heavy atom. The van der Waals surface area contributed by atoms with Gasteiger partial charge in [0.2, 0.25) is 29.4 Å². The van der Waals surface area contributed by atoms with E-state index in [1.165, 1.54) is 80.0 Å². The smallest absolute Gasteiger partial charge is 0.330 e. The van der Waals surface area contributed by atoms with Crippen LogP contribution in [0, 0.1) is 11.2 Å². The van der Waals surface area contributed by atoms with Gasteiger partial charge in [-0.2, -0.15) is 0 Å². The van der Waals surface area contributed by atoms with Crippen molar-refractivity contribution < 1.29 is 76.0 Å². The summed E-state index contributed by atoms with van der Waals surface area (Å²) >= 11 is 0. The largest absolute Gasteiger partial charge is 0.493 e. The van der Waals surface area contributed by atoms with Crippen LogP contribution in [0.2, 0.25) is 0 Å². The summed E-state index contributed by atoms with van der Waals surface area (Å²) in [6.07, 6.45) is 7.06. The summed E-state index contributed by atoms with van der Waals surface area (Å²) in [6, 6.07) is 17.5. The molecule has 2 heterocycles. The number of methoxy groups -OCH3 is 2. The molecule has 1 fully saturated rings. The van der Waals surface area contributed by atoms with Crippen LogP contribution in [0.5, 0.6) is 17.2 Å². The molecule has 2 N–H and O–H groups in total. The lowest BCUT2D eigenvalue weighted by Crippen LogP contribution is -2.59. The highest BCUT2D eigenvalue weighted by molar-refractivity contribution is 6.38. The fourth-order valence-corrected chi connectivity index (χ4v) is 10.9. The Bertz CT molecular complexity index is 3270. The summed E-state index contributed by atoms with van der Waals surface area (Å²) in [5, 5.41) is 7.47. The minimum absolute atomic E-state index is 0.0309. The number of cyclic esters (lactones) is 2. The Hall–Kier alpha value is -8.40.